The summed E-state index contributed by atoms with van der Waals surface area (Å²) in [6, 6.07) is 0. The summed E-state index contributed by atoms with van der Waals surface area (Å²) >= 11 is 1.82. The van der Waals surface area contributed by atoms with Gasteiger partial charge in [-0.3, -0.25) is 0 Å². The Kier molecular flexibility index (Phi) is 3.22. The van der Waals surface area contributed by atoms with E-state index in [1.807, 2.05) is 18.7 Å². The number of rotatable bonds is 3. The van der Waals surface area contributed by atoms with Crippen LogP contribution >= 0.6 is 11.8 Å². The minimum atomic E-state index is -0.555. The average molecular weight is 176 g/mol. The summed E-state index contributed by atoms with van der Waals surface area (Å²) in [4.78, 5) is 0. The third-order valence-electron chi connectivity index (χ3n) is 2.22. The van der Waals surface area contributed by atoms with Crippen LogP contribution < -0.4 is 0 Å². The van der Waals surface area contributed by atoms with Crippen molar-refractivity contribution in [3.05, 3.63) is 0 Å². The molecular weight excluding hydrogens is 160 g/mol. The van der Waals surface area contributed by atoms with E-state index >= 15 is 0 Å². The van der Waals surface area contributed by atoms with Crippen molar-refractivity contribution in [3.8, 4) is 0 Å². The van der Waals surface area contributed by atoms with Crippen LogP contribution in [-0.4, -0.2) is 34.9 Å². The highest BCUT2D eigenvalue weighted by Gasteiger charge is 2.38. The van der Waals surface area contributed by atoms with Crippen molar-refractivity contribution >= 4 is 11.8 Å². The van der Waals surface area contributed by atoms with Gasteiger partial charge in [-0.25, -0.2) is 0 Å². The molecule has 0 radical (unpaired) electrons. The Morgan fingerprint density at radius 1 is 1.73 bits per heavy atom. The normalized spacial score (nSPS) is 37.9. The molecule has 1 rings (SSSR count). The first-order valence-corrected chi connectivity index (χ1v) is 5.15. The predicted molar refractivity (Wildman–Crippen MR) is 48.0 cm³/mol. The second kappa shape index (κ2) is 3.78. The average Bonchev–Trinajstić information content (AvgIpc) is 2.30. The molecule has 0 bridgehead atoms. The summed E-state index contributed by atoms with van der Waals surface area (Å²) in [5.74, 6) is 1.06. The third kappa shape index (κ3) is 2.10. The van der Waals surface area contributed by atoms with Crippen LogP contribution in [0.15, 0.2) is 0 Å². The molecule has 0 saturated carbocycles. The van der Waals surface area contributed by atoms with Crippen molar-refractivity contribution in [2.45, 2.75) is 31.1 Å². The Hall–Kier alpha value is 0.270. The van der Waals surface area contributed by atoms with Crippen molar-refractivity contribution in [1.82, 2.24) is 0 Å². The molecule has 1 aliphatic heterocycles. The Balaban J connectivity index is 2.38. The smallest absolute Gasteiger partial charge is 0.100 e. The lowest BCUT2D eigenvalue weighted by Gasteiger charge is -2.25. The lowest BCUT2D eigenvalue weighted by Crippen LogP contribution is -2.39. The minimum absolute atomic E-state index is 0.328. The van der Waals surface area contributed by atoms with Crippen molar-refractivity contribution in [2.75, 3.05) is 19.0 Å². The first kappa shape index (κ1) is 9.36. The maximum Gasteiger partial charge on any atom is 0.100 e. The number of ether oxygens (including phenoxy) is 1. The number of hydrogen-bond acceptors (Lipinski definition) is 3. The van der Waals surface area contributed by atoms with Crippen LogP contribution in [0.2, 0.25) is 0 Å². The highest BCUT2D eigenvalue weighted by Crippen LogP contribution is 2.35. The molecule has 2 nitrogen and oxygen atoms in total. The molecule has 66 valence electrons. The van der Waals surface area contributed by atoms with E-state index in [-0.39, 0.29) is 0 Å². The van der Waals surface area contributed by atoms with E-state index in [9.17, 15) is 5.11 Å². The van der Waals surface area contributed by atoms with Gasteiger partial charge >= 0.3 is 0 Å². The SMILES string of the molecule is CCOCC1(O)CCSC1C. The standard InChI is InChI=1S/C8H16O2S/c1-3-10-6-8(9)4-5-11-7(8)2/h7,9H,3-6H2,1-2H3. The summed E-state index contributed by atoms with van der Waals surface area (Å²) in [5.41, 5.74) is -0.555. The molecule has 2 atom stereocenters. The Morgan fingerprint density at radius 2 is 2.45 bits per heavy atom. The zero-order valence-electron chi connectivity index (χ0n) is 7.17. The summed E-state index contributed by atoms with van der Waals surface area (Å²) in [7, 11) is 0. The van der Waals surface area contributed by atoms with Crippen molar-refractivity contribution in [1.29, 1.82) is 0 Å². The van der Waals surface area contributed by atoms with Gasteiger partial charge in [0.25, 0.3) is 0 Å². The van der Waals surface area contributed by atoms with Gasteiger partial charge in [-0.05, 0) is 19.1 Å². The molecular formula is C8H16O2S. The maximum atomic E-state index is 9.95. The molecule has 2 unspecified atom stereocenters. The second-order valence-corrected chi connectivity index (χ2v) is 4.45. The summed E-state index contributed by atoms with van der Waals surface area (Å²) in [6.07, 6.45) is 0.874. The highest BCUT2D eigenvalue weighted by atomic mass is 32.2. The first-order chi connectivity index (χ1) is 5.19. The molecule has 1 heterocycles. The van der Waals surface area contributed by atoms with Gasteiger partial charge < -0.3 is 9.84 Å². The summed E-state index contributed by atoms with van der Waals surface area (Å²) in [6.45, 7) is 5.21. The van der Waals surface area contributed by atoms with Crippen molar-refractivity contribution in [2.24, 2.45) is 0 Å². The van der Waals surface area contributed by atoms with Crippen LogP contribution in [-0.2, 0) is 4.74 Å². The van der Waals surface area contributed by atoms with Gasteiger partial charge in [0.05, 0.1) is 6.61 Å². The topological polar surface area (TPSA) is 29.5 Å². The van der Waals surface area contributed by atoms with Crippen LogP contribution in [0, 0.1) is 0 Å². The van der Waals surface area contributed by atoms with Crippen molar-refractivity contribution in [3.63, 3.8) is 0 Å². The number of aliphatic hydroxyl groups is 1. The van der Waals surface area contributed by atoms with E-state index in [1.54, 1.807) is 0 Å². The van der Waals surface area contributed by atoms with E-state index in [1.165, 1.54) is 0 Å². The van der Waals surface area contributed by atoms with E-state index in [0.29, 0.717) is 18.5 Å². The number of hydrogen-bond donors (Lipinski definition) is 1. The lowest BCUT2D eigenvalue weighted by molar-refractivity contribution is -0.0388. The molecule has 1 N–H and O–H groups in total. The molecule has 1 saturated heterocycles. The van der Waals surface area contributed by atoms with Crippen LogP contribution in [0.5, 0.6) is 0 Å². The predicted octanol–water partition coefficient (Wildman–Crippen LogP) is 1.28. The maximum absolute atomic E-state index is 9.95. The molecule has 0 aliphatic carbocycles. The molecule has 0 aromatic carbocycles. The van der Waals surface area contributed by atoms with Gasteiger partial charge in [0, 0.05) is 11.9 Å². The minimum Gasteiger partial charge on any atom is -0.386 e. The highest BCUT2D eigenvalue weighted by molar-refractivity contribution is 8.00. The Morgan fingerprint density at radius 3 is 2.91 bits per heavy atom. The van der Waals surface area contributed by atoms with Crippen molar-refractivity contribution < 1.29 is 9.84 Å². The quantitative estimate of drug-likeness (QED) is 0.702. The molecule has 1 fully saturated rings. The van der Waals surface area contributed by atoms with E-state index in [2.05, 4.69) is 6.92 Å². The van der Waals surface area contributed by atoms with Gasteiger partial charge in [-0.2, -0.15) is 11.8 Å². The second-order valence-electron chi connectivity index (χ2n) is 3.00. The molecule has 11 heavy (non-hydrogen) atoms. The summed E-state index contributed by atoms with van der Waals surface area (Å²) in [5, 5.41) is 10.3. The van der Waals surface area contributed by atoms with Gasteiger partial charge in [0.15, 0.2) is 0 Å². The van der Waals surface area contributed by atoms with E-state index in [4.69, 9.17) is 4.74 Å². The van der Waals surface area contributed by atoms with E-state index in [0.717, 1.165) is 12.2 Å². The zero-order chi connectivity index (χ0) is 8.32. The van der Waals surface area contributed by atoms with Gasteiger partial charge in [-0.1, -0.05) is 6.92 Å². The number of thioether (sulfide) groups is 1. The Labute approximate surface area is 72.3 Å². The zero-order valence-corrected chi connectivity index (χ0v) is 7.99. The van der Waals surface area contributed by atoms with Gasteiger partial charge in [0.2, 0.25) is 0 Å². The largest absolute Gasteiger partial charge is 0.386 e. The fourth-order valence-electron chi connectivity index (χ4n) is 1.24. The molecule has 0 aromatic rings. The van der Waals surface area contributed by atoms with Crippen LogP contribution in [0.3, 0.4) is 0 Å². The van der Waals surface area contributed by atoms with Gasteiger partial charge in [0.1, 0.15) is 5.60 Å². The molecule has 0 aromatic heterocycles. The third-order valence-corrected chi connectivity index (χ3v) is 3.59. The van der Waals surface area contributed by atoms with Crippen LogP contribution in [0.4, 0.5) is 0 Å². The lowest BCUT2D eigenvalue weighted by atomic mass is 9.99. The first-order valence-electron chi connectivity index (χ1n) is 4.11. The molecule has 0 spiro atoms. The molecule has 0 amide bonds. The Bertz CT molecular complexity index is 129. The van der Waals surface area contributed by atoms with Crippen LogP contribution in [0.1, 0.15) is 20.3 Å². The fourth-order valence-corrected chi connectivity index (χ4v) is 2.56. The monoisotopic (exact) mass is 176 g/mol. The van der Waals surface area contributed by atoms with Gasteiger partial charge in [-0.15, -0.1) is 0 Å². The van der Waals surface area contributed by atoms with Crippen LogP contribution in [0.25, 0.3) is 0 Å². The molecule has 3 heteroatoms. The fraction of sp³-hybridized carbons (Fsp3) is 1.00. The molecule has 1 aliphatic rings. The van der Waals surface area contributed by atoms with E-state index < -0.39 is 5.60 Å². The summed E-state index contributed by atoms with van der Waals surface area (Å²) < 4.78 is 5.23.